The molecule has 1 aliphatic heterocycles. The van der Waals surface area contributed by atoms with Crippen LogP contribution < -0.4 is 0 Å². The molecule has 1 fully saturated rings. The van der Waals surface area contributed by atoms with Crippen LogP contribution in [0.1, 0.15) is 29.3 Å². The smallest absolute Gasteiger partial charge is 0.253 e. The summed E-state index contributed by atoms with van der Waals surface area (Å²) in [6.07, 6.45) is -0.146. The number of nitrogens with zero attached hydrogens (tertiary/aromatic N) is 4. The van der Waals surface area contributed by atoms with Gasteiger partial charge in [-0.2, -0.15) is 10.2 Å². The van der Waals surface area contributed by atoms with Crippen LogP contribution in [0.5, 0.6) is 0 Å². The lowest BCUT2D eigenvalue weighted by molar-refractivity contribution is -0.167. The van der Waals surface area contributed by atoms with Crippen LogP contribution in [0.15, 0.2) is 73.1 Å². The third-order valence-electron chi connectivity index (χ3n) is 6.80. The number of Topliss-reactive ketones (excluding diaryl/α,β-unsaturated/α-hetero) is 1. The van der Waals surface area contributed by atoms with E-state index in [9.17, 15) is 22.4 Å². The molecule has 202 valence electrons. The first-order valence-electron chi connectivity index (χ1n) is 12.5. The van der Waals surface area contributed by atoms with E-state index in [1.54, 1.807) is 17.1 Å². The molecular weight excluding hydrogens is 512 g/mol. The number of halogens is 4. The van der Waals surface area contributed by atoms with Crippen molar-refractivity contribution in [1.82, 2.24) is 19.8 Å². The fourth-order valence-corrected chi connectivity index (χ4v) is 4.97. The molecule has 2 aromatic heterocycles. The first-order valence-corrected chi connectivity index (χ1v) is 12.5. The second kappa shape index (κ2) is 11.5. The maximum absolute atomic E-state index is 14.0. The predicted octanol–water partition coefficient (Wildman–Crippen LogP) is 5.89. The topological polar surface area (TPSA) is 60.2 Å². The molecule has 0 spiro atoms. The molecule has 2 atom stereocenters. The standard InChI is InChI=1S/C29H26F4N4O2/c1-18-26(37(22-5-3-2-4-6-22)35-28(18)19-9-11-34-12-10-19)15-23(38)13-21-16-36(17-27(32)33)39-29(21)20-7-8-24(30)25(31)14-20/h2-12,14,21,27,29H,13,15-17H2,1H3/t21-,29+/m1/s1. The Kier molecular flexibility index (Phi) is 7.85. The van der Waals surface area contributed by atoms with Crippen LogP contribution in [0.25, 0.3) is 16.9 Å². The van der Waals surface area contributed by atoms with Crippen molar-refractivity contribution in [2.75, 3.05) is 13.1 Å². The van der Waals surface area contributed by atoms with Gasteiger partial charge in [0.15, 0.2) is 11.6 Å². The second-order valence-electron chi connectivity index (χ2n) is 9.52. The van der Waals surface area contributed by atoms with Crippen LogP contribution in [-0.4, -0.2) is 45.1 Å². The molecule has 0 bridgehead atoms. The van der Waals surface area contributed by atoms with Crippen molar-refractivity contribution in [2.24, 2.45) is 5.92 Å². The number of ketones is 1. The van der Waals surface area contributed by atoms with E-state index in [0.29, 0.717) is 5.69 Å². The average Bonchev–Trinajstić information content (AvgIpc) is 3.46. The number of carbonyl (C=O) groups excluding carboxylic acids is 1. The lowest BCUT2D eigenvalue weighted by atomic mass is 9.90. The molecule has 0 saturated carbocycles. The highest BCUT2D eigenvalue weighted by atomic mass is 19.3. The highest BCUT2D eigenvalue weighted by Gasteiger charge is 2.38. The first kappa shape index (κ1) is 26.7. The predicted molar refractivity (Wildman–Crippen MR) is 136 cm³/mol. The molecule has 6 nitrogen and oxygen atoms in total. The molecule has 4 aromatic rings. The highest BCUT2D eigenvalue weighted by molar-refractivity contribution is 5.82. The van der Waals surface area contributed by atoms with Gasteiger partial charge < -0.3 is 0 Å². The van der Waals surface area contributed by atoms with Crippen molar-refractivity contribution >= 4 is 5.78 Å². The van der Waals surface area contributed by atoms with Crippen molar-refractivity contribution in [1.29, 1.82) is 0 Å². The number of hydroxylamine groups is 2. The van der Waals surface area contributed by atoms with E-state index in [4.69, 9.17) is 9.94 Å². The number of aromatic nitrogens is 3. The Morgan fingerprint density at radius 2 is 1.79 bits per heavy atom. The molecule has 0 radical (unpaired) electrons. The van der Waals surface area contributed by atoms with Crippen LogP contribution in [0, 0.1) is 24.5 Å². The molecule has 0 unspecified atom stereocenters. The molecule has 1 aliphatic rings. The first-order chi connectivity index (χ1) is 18.8. The number of benzene rings is 2. The van der Waals surface area contributed by atoms with Crippen LogP contribution in [-0.2, 0) is 16.1 Å². The molecule has 3 heterocycles. The van der Waals surface area contributed by atoms with E-state index in [2.05, 4.69) is 4.98 Å². The lowest BCUT2D eigenvalue weighted by Crippen LogP contribution is -2.26. The minimum atomic E-state index is -2.65. The molecule has 10 heteroatoms. The number of alkyl halides is 2. The average molecular weight is 539 g/mol. The summed E-state index contributed by atoms with van der Waals surface area (Å²) in [5, 5.41) is 5.90. The third-order valence-corrected chi connectivity index (χ3v) is 6.80. The highest BCUT2D eigenvalue weighted by Crippen LogP contribution is 2.37. The van der Waals surface area contributed by atoms with Crippen molar-refractivity contribution < 1.29 is 27.2 Å². The van der Waals surface area contributed by atoms with Gasteiger partial charge in [0.2, 0.25) is 0 Å². The van der Waals surface area contributed by atoms with Crippen LogP contribution >= 0.6 is 0 Å². The van der Waals surface area contributed by atoms with E-state index >= 15 is 0 Å². The Labute approximate surface area is 222 Å². The van der Waals surface area contributed by atoms with E-state index in [1.807, 2.05) is 49.4 Å². The largest absolute Gasteiger partial charge is 0.299 e. The van der Waals surface area contributed by atoms with Crippen LogP contribution in [0.4, 0.5) is 17.6 Å². The minimum absolute atomic E-state index is 0.00655. The van der Waals surface area contributed by atoms with Crippen molar-refractivity contribution in [3.05, 3.63) is 102 Å². The lowest BCUT2D eigenvalue weighted by Gasteiger charge is -2.18. The Morgan fingerprint density at radius 3 is 2.49 bits per heavy atom. The zero-order valence-electron chi connectivity index (χ0n) is 21.1. The molecule has 1 saturated heterocycles. The number of carbonyl (C=O) groups is 1. The van der Waals surface area contributed by atoms with Gasteiger partial charge in [-0.05, 0) is 54.4 Å². The SMILES string of the molecule is Cc1c(-c2ccncc2)nn(-c2ccccc2)c1CC(=O)C[C@@H]1CN(CC(F)F)O[C@H]1c1ccc(F)c(F)c1. The van der Waals surface area contributed by atoms with Crippen LogP contribution in [0.3, 0.4) is 0 Å². The van der Waals surface area contributed by atoms with Gasteiger partial charge in [0.05, 0.1) is 23.6 Å². The van der Waals surface area contributed by atoms with E-state index in [-0.39, 0.29) is 30.7 Å². The van der Waals surface area contributed by atoms with Gasteiger partial charge >= 0.3 is 0 Å². The summed E-state index contributed by atoms with van der Waals surface area (Å²) in [4.78, 5) is 23.2. The molecule has 0 N–H and O–H groups in total. The fourth-order valence-electron chi connectivity index (χ4n) is 4.97. The number of hydrogen-bond acceptors (Lipinski definition) is 5. The van der Waals surface area contributed by atoms with Gasteiger partial charge in [-0.25, -0.2) is 22.2 Å². The quantitative estimate of drug-likeness (QED) is 0.249. The van der Waals surface area contributed by atoms with Gasteiger partial charge in [-0.1, -0.05) is 24.3 Å². The Bertz CT molecular complexity index is 1450. The van der Waals surface area contributed by atoms with Gasteiger partial charge in [0.25, 0.3) is 6.43 Å². The molecule has 0 aliphatic carbocycles. The fraction of sp³-hybridized carbons (Fsp3) is 0.276. The maximum atomic E-state index is 14.0. The maximum Gasteiger partial charge on any atom is 0.253 e. The number of hydrogen-bond donors (Lipinski definition) is 0. The third kappa shape index (κ3) is 5.91. The number of pyridine rings is 1. The van der Waals surface area contributed by atoms with E-state index < -0.39 is 36.6 Å². The van der Waals surface area contributed by atoms with Gasteiger partial charge in [-0.15, -0.1) is 0 Å². The molecular formula is C29H26F4N4O2. The van der Waals surface area contributed by atoms with Crippen molar-refractivity contribution in [3.63, 3.8) is 0 Å². The van der Waals surface area contributed by atoms with E-state index in [0.717, 1.165) is 39.7 Å². The summed E-state index contributed by atoms with van der Waals surface area (Å²) in [6.45, 7) is 1.30. The summed E-state index contributed by atoms with van der Waals surface area (Å²) in [6, 6.07) is 16.4. The van der Waals surface area contributed by atoms with Crippen molar-refractivity contribution in [3.8, 4) is 16.9 Å². The van der Waals surface area contributed by atoms with Gasteiger partial charge in [0.1, 0.15) is 11.9 Å². The summed E-state index contributed by atoms with van der Waals surface area (Å²) in [5.74, 6) is -2.78. The summed E-state index contributed by atoms with van der Waals surface area (Å²) in [5.41, 5.74) is 4.18. The normalized spacial score (nSPS) is 17.7. The summed E-state index contributed by atoms with van der Waals surface area (Å²) < 4.78 is 55.4. The molecule has 0 amide bonds. The van der Waals surface area contributed by atoms with E-state index in [1.165, 1.54) is 6.07 Å². The Hall–Kier alpha value is -3.89. The molecule has 39 heavy (non-hydrogen) atoms. The van der Waals surface area contributed by atoms with Gasteiger partial charge in [-0.3, -0.25) is 14.6 Å². The van der Waals surface area contributed by atoms with Gasteiger partial charge in [0, 0.05) is 43.3 Å². The Morgan fingerprint density at radius 1 is 1.05 bits per heavy atom. The zero-order chi connectivity index (χ0) is 27.5. The zero-order valence-corrected chi connectivity index (χ0v) is 21.1. The number of rotatable bonds is 9. The van der Waals surface area contributed by atoms with Crippen LogP contribution in [0.2, 0.25) is 0 Å². The van der Waals surface area contributed by atoms with Crippen molar-refractivity contribution in [2.45, 2.75) is 32.3 Å². The Balaban J connectivity index is 1.43. The molecule has 2 aromatic carbocycles. The summed E-state index contributed by atoms with van der Waals surface area (Å²) >= 11 is 0. The second-order valence-corrected chi connectivity index (χ2v) is 9.52. The number of para-hydroxylation sites is 1. The minimum Gasteiger partial charge on any atom is -0.299 e. The summed E-state index contributed by atoms with van der Waals surface area (Å²) in [7, 11) is 0. The monoisotopic (exact) mass is 538 g/mol. The molecule has 5 rings (SSSR count).